The maximum Gasteiger partial charge on any atom is 0.648 e. The number of rotatable bonds is 4. The van der Waals surface area contributed by atoms with Gasteiger partial charge < -0.3 is 10.1 Å². The maximum absolute atomic E-state index is 10.8. The number of amides is 1. The van der Waals surface area contributed by atoms with Crippen LogP contribution in [0.2, 0.25) is 0 Å². The van der Waals surface area contributed by atoms with Crippen molar-refractivity contribution in [1.29, 1.82) is 0 Å². The summed E-state index contributed by atoms with van der Waals surface area (Å²) in [6, 6.07) is 7.63. The summed E-state index contributed by atoms with van der Waals surface area (Å²) in [5.41, 5.74) is 1.89. The molecule has 2 aromatic rings. The van der Waals surface area contributed by atoms with Crippen molar-refractivity contribution in [1.82, 2.24) is 9.65 Å². The van der Waals surface area contributed by atoms with Crippen molar-refractivity contribution in [3.05, 3.63) is 36.0 Å². The van der Waals surface area contributed by atoms with Gasteiger partial charge in [0.05, 0.1) is 6.54 Å². The van der Waals surface area contributed by atoms with Crippen LogP contribution in [-0.4, -0.2) is 32.3 Å². The van der Waals surface area contributed by atoms with E-state index in [0.717, 1.165) is 16.5 Å². The molecule has 2 rings (SSSR count). The molecule has 0 saturated heterocycles. The van der Waals surface area contributed by atoms with Gasteiger partial charge in [0.2, 0.25) is 0 Å². The third kappa shape index (κ3) is 2.50. The van der Waals surface area contributed by atoms with E-state index in [1.165, 1.54) is 0 Å². The highest BCUT2D eigenvalue weighted by molar-refractivity contribution is 7.36. The van der Waals surface area contributed by atoms with Gasteiger partial charge in [0.15, 0.2) is 0 Å². The van der Waals surface area contributed by atoms with Crippen LogP contribution in [0.15, 0.2) is 30.5 Å². The molecule has 18 heavy (non-hydrogen) atoms. The molecule has 0 aliphatic heterocycles. The molecule has 7 heteroatoms. The molecule has 1 aromatic heterocycles. The highest BCUT2D eigenvalue weighted by Gasteiger charge is 2.31. The Balaban J connectivity index is 2.15. The molecule has 0 saturated carbocycles. The molecule has 0 bridgehead atoms. The normalized spacial score (nSPS) is 11.5. The van der Waals surface area contributed by atoms with Crippen molar-refractivity contribution in [2.24, 2.45) is 0 Å². The number of para-hydroxylation sites is 1. The van der Waals surface area contributed by atoms with Crippen LogP contribution in [0.4, 0.5) is 4.79 Å². The maximum atomic E-state index is 10.8. The second-order valence-electron chi connectivity index (χ2n) is 3.77. The number of fused-ring (bicyclic) bond motifs is 1. The number of benzene rings is 1. The SMILES string of the molecule is O=C(O)N(CCc1c[nH]c2ccccc12)[P+](=O)O. The van der Waals surface area contributed by atoms with Gasteiger partial charge in [0, 0.05) is 17.1 Å². The quantitative estimate of drug-likeness (QED) is 0.741. The largest absolute Gasteiger partial charge is 0.648 e. The molecule has 0 fully saturated rings. The molecule has 1 aromatic carbocycles. The topological polar surface area (TPSA) is 93.6 Å². The Hall–Kier alpha value is -1.91. The average Bonchev–Trinajstić information content (AvgIpc) is 2.72. The zero-order chi connectivity index (χ0) is 13.1. The molecular weight excluding hydrogens is 255 g/mol. The van der Waals surface area contributed by atoms with E-state index in [0.29, 0.717) is 11.1 Å². The number of carbonyl (C=O) groups is 1. The van der Waals surface area contributed by atoms with Crippen molar-refractivity contribution in [3.63, 3.8) is 0 Å². The number of nitrogens with zero attached hydrogens (tertiary/aromatic N) is 1. The molecule has 0 radical (unpaired) electrons. The summed E-state index contributed by atoms with van der Waals surface area (Å²) in [5.74, 6) is 0. The minimum atomic E-state index is -2.85. The van der Waals surface area contributed by atoms with Gasteiger partial charge in [-0.05, 0) is 22.6 Å². The van der Waals surface area contributed by atoms with Gasteiger partial charge in [-0.3, -0.25) is 0 Å². The number of aromatic nitrogens is 1. The van der Waals surface area contributed by atoms with Crippen LogP contribution in [-0.2, 0) is 11.0 Å². The lowest BCUT2D eigenvalue weighted by molar-refractivity contribution is 0.170. The van der Waals surface area contributed by atoms with Crippen LogP contribution < -0.4 is 0 Å². The molecule has 6 nitrogen and oxygen atoms in total. The lowest BCUT2D eigenvalue weighted by Crippen LogP contribution is -2.24. The van der Waals surface area contributed by atoms with Crippen molar-refractivity contribution >= 4 is 25.2 Å². The van der Waals surface area contributed by atoms with E-state index in [9.17, 15) is 9.36 Å². The van der Waals surface area contributed by atoms with Gasteiger partial charge in [-0.25, -0.2) is 4.79 Å². The zero-order valence-electron chi connectivity index (χ0n) is 9.41. The molecule has 1 unspecified atom stereocenters. The Bertz CT molecular complexity index is 581. The van der Waals surface area contributed by atoms with Crippen molar-refractivity contribution in [3.8, 4) is 0 Å². The molecular formula is C11H12N2O4P+. The van der Waals surface area contributed by atoms with E-state index in [-0.39, 0.29) is 6.54 Å². The van der Waals surface area contributed by atoms with Crippen molar-refractivity contribution in [2.45, 2.75) is 6.42 Å². The molecule has 94 valence electrons. The van der Waals surface area contributed by atoms with Crippen LogP contribution in [0.1, 0.15) is 5.56 Å². The summed E-state index contributed by atoms with van der Waals surface area (Å²) < 4.78 is 11.4. The summed E-state index contributed by atoms with van der Waals surface area (Å²) in [6.45, 7) is -0.0110. The molecule has 1 amide bonds. The lowest BCUT2D eigenvalue weighted by Gasteiger charge is -2.03. The smallest absolute Gasteiger partial charge is 0.462 e. The standard InChI is InChI=1S/C11H11N2O4P/c14-11(15)13(18(16)17)6-5-8-7-12-10-4-2-1-3-9(8)10/h1-4,7,12H,5-6H2,(H-,14,15,16,17)/p+1. The summed E-state index contributed by atoms with van der Waals surface area (Å²) in [6.07, 6.45) is 0.783. The van der Waals surface area contributed by atoms with E-state index < -0.39 is 14.3 Å². The van der Waals surface area contributed by atoms with Crippen molar-refractivity contribution < 1.29 is 19.4 Å². The second kappa shape index (κ2) is 5.16. The number of nitrogens with one attached hydrogen (secondary N) is 1. The number of carboxylic acid groups (broad SMARTS) is 1. The van der Waals surface area contributed by atoms with Gasteiger partial charge in [0.25, 0.3) is 0 Å². The van der Waals surface area contributed by atoms with Gasteiger partial charge in [-0.1, -0.05) is 22.9 Å². The number of aromatic amines is 1. The summed E-state index contributed by atoms with van der Waals surface area (Å²) in [7, 11) is -2.85. The Morgan fingerprint density at radius 2 is 2.11 bits per heavy atom. The summed E-state index contributed by atoms with van der Waals surface area (Å²) in [4.78, 5) is 22.7. The fraction of sp³-hybridized carbons (Fsp3) is 0.182. The average molecular weight is 267 g/mol. The fourth-order valence-corrected chi connectivity index (χ4v) is 2.24. The third-order valence-corrected chi connectivity index (χ3v) is 3.48. The molecule has 0 aliphatic rings. The first-order valence-corrected chi connectivity index (χ1v) is 6.47. The second-order valence-corrected chi connectivity index (χ2v) is 4.76. The number of H-pyrrole nitrogens is 1. The van der Waals surface area contributed by atoms with E-state index in [4.69, 9.17) is 10.00 Å². The first kappa shape index (κ1) is 12.5. The van der Waals surface area contributed by atoms with Crippen molar-refractivity contribution in [2.75, 3.05) is 6.54 Å². The number of hydrogen-bond donors (Lipinski definition) is 3. The minimum Gasteiger partial charge on any atom is -0.462 e. The molecule has 0 spiro atoms. The van der Waals surface area contributed by atoms with Crippen LogP contribution >= 0.6 is 8.18 Å². The van der Waals surface area contributed by atoms with E-state index in [1.807, 2.05) is 24.3 Å². The summed E-state index contributed by atoms with van der Waals surface area (Å²) >= 11 is 0. The Kier molecular flexibility index (Phi) is 3.60. The fourth-order valence-electron chi connectivity index (χ4n) is 1.82. The monoisotopic (exact) mass is 267 g/mol. The van der Waals surface area contributed by atoms with Gasteiger partial charge in [0.1, 0.15) is 0 Å². The van der Waals surface area contributed by atoms with Gasteiger partial charge in [-0.15, -0.1) is 4.89 Å². The van der Waals surface area contributed by atoms with Crippen LogP contribution in [0.25, 0.3) is 10.9 Å². The van der Waals surface area contributed by atoms with Gasteiger partial charge in [-0.2, -0.15) is 0 Å². The van der Waals surface area contributed by atoms with Crippen LogP contribution in [0.5, 0.6) is 0 Å². The predicted molar refractivity (Wildman–Crippen MR) is 66.6 cm³/mol. The molecule has 1 heterocycles. The Morgan fingerprint density at radius 3 is 2.78 bits per heavy atom. The minimum absolute atomic E-state index is 0.0110. The molecule has 3 N–H and O–H groups in total. The van der Waals surface area contributed by atoms with E-state index in [2.05, 4.69) is 4.98 Å². The van der Waals surface area contributed by atoms with Crippen LogP contribution in [0.3, 0.4) is 0 Å². The number of hydrogen-bond acceptors (Lipinski definition) is 2. The zero-order valence-corrected chi connectivity index (χ0v) is 10.3. The third-order valence-electron chi connectivity index (χ3n) is 2.70. The Morgan fingerprint density at radius 1 is 1.39 bits per heavy atom. The first-order chi connectivity index (χ1) is 8.59. The van der Waals surface area contributed by atoms with E-state index in [1.54, 1.807) is 6.20 Å². The predicted octanol–water partition coefficient (Wildman–Crippen LogP) is 2.34. The highest BCUT2D eigenvalue weighted by Crippen LogP contribution is 2.23. The van der Waals surface area contributed by atoms with Gasteiger partial charge >= 0.3 is 14.3 Å². The Labute approximate surface area is 104 Å². The molecule has 0 aliphatic carbocycles. The molecule has 1 atom stereocenters. The lowest BCUT2D eigenvalue weighted by atomic mass is 10.1. The first-order valence-electron chi connectivity index (χ1n) is 5.31. The highest BCUT2D eigenvalue weighted by atomic mass is 31.1. The van der Waals surface area contributed by atoms with E-state index >= 15 is 0 Å². The summed E-state index contributed by atoms with van der Waals surface area (Å²) in [5, 5.41) is 9.76. The van der Waals surface area contributed by atoms with Crippen LogP contribution in [0, 0.1) is 0 Å².